The maximum absolute atomic E-state index is 13.1. The van der Waals surface area contributed by atoms with Crippen LogP contribution in [0.4, 0.5) is 26.3 Å². The number of rotatable bonds is 3. The van der Waals surface area contributed by atoms with Crippen molar-refractivity contribution in [1.82, 2.24) is 0 Å². The summed E-state index contributed by atoms with van der Waals surface area (Å²) in [7, 11) is 0.973. The fraction of sp³-hybridized carbons (Fsp3) is 0.800. The van der Waals surface area contributed by atoms with Crippen molar-refractivity contribution in [3.8, 4) is 0 Å². The Bertz CT molecular complexity index is 364. The van der Waals surface area contributed by atoms with Crippen molar-refractivity contribution in [3.63, 3.8) is 0 Å². The Labute approximate surface area is 110 Å². The van der Waals surface area contributed by atoms with Gasteiger partial charge in [-0.25, -0.2) is 0 Å². The molecular weight excluding hydrogens is 298 g/mol. The normalized spacial score (nSPS) is 18.7. The number of carbonyl (C=O) groups excluding carboxylic acids is 2. The third kappa shape index (κ3) is 2.31. The molecule has 0 spiro atoms. The summed E-state index contributed by atoms with van der Waals surface area (Å²) in [5.74, 6) is -4.48. The molecule has 0 amide bonds. The first-order valence-corrected chi connectivity index (χ1v) is 5.02. The van der Waals surface area contributed by atoms with Crippen molar-refractivity contribution >= 4 is 11.9 Å². The van der Waals surface area contributed by atoms with Crippen molar-refractivity contribution in [2.24, 2.45) is 10.8 Å². The molecule has 20 heavy (non-hydrogen) atoms. The summed E-state index contributed by atoms with van der Waals surface area (Å²) in [5, 5.41) is 0. The van der Waals surface area contributed by atoms with E-state index < -0.39 is 35.1 Å². The van der Waals surface area contributed by atoms with Gasteiger partial charge >= 0.3 is 24.3 Å². The zero-order valence-corrected chi connectivity index (χ0v) is 10.9. The van der Waals surface area contributed by atoms with Gasteiger partial charge in [-0.3, -0.25) is 9.59 Å². The third-order valence-corrected chi connectivity index (χ3v) is 3.32. The predicted molar refractivity (Wildman–Crippen MR) is 52.4 cm³/mol. The lowest BCUT2D eigenvalue weighted by Crippen LogP contribution is -2.64. The van der Waals surface area contributed by atoms with Gasteiger partial charge in [0.15, 0.2) is 10.8 Å². The summed E-state index contributed by atoms with van der Waals surface area (Å²) in [6, 6.07) is 0. The zero-order chi connectivity index (χ0) is 16.6. The molecule has 0 aliphatic carbocycles. The smallest absolute Gasteiger partial charge is 0.406 e. The van der Waals surface area contributed by atoms with E-state index in [1.165, 1.54) is 0 Å². The lowest BCUT2D eigenvalue weighted by Gasteiger charge is -2.43. The number of ether oxygens (including phenoxy) is 2. The van der Waals surface area contributed by atoms with E-state index >= 15 is 0 Å². The van der Waals surface area contributed by atoms with Crippen molar-refractivity contribution in [1.29, 1.82) is 0 Å². The van der Waals surface area contributed by atoms with Crippen LogP contribution in [-0.4, -0.2) is 38.5 Å². The Morgan fingerprint density at radius 3 is 1.00 bits per heavy atom. The highest BCUT2D eigenvalue weighted by atomic mass is 19.4. The van der Waals surface area contributed by atoms with Gasteiger partial charge < -0.3 is 9.47 Å². The second kappa shape index (κ2) is 5.13. The Balaban J connectivity index is 6.51. The highest BCUT2D eigenvalue weighted by Gasteiger charge is 2.79. The zero-order valence-electron chi connectivity index (χ0n) is 10.9. The van der Waals surface area contributed by atoms with Gasteiger partial charge in [-0.2, -0.15) is 26.3 Å². The summed E-state index contributed by atoms with van der Waals surface area (Å²) >= 11 is 0. The van der Waals surface area contributed by atoms with Crippen LogP contribution in [0.5, 0.6) is 0 Å². The molecule has 2 unspecified atom stereocenters. The fourth-order valence-electron chi connectivity index (χ4n) is 1.61. The molecule has 0 aliphatic heterocycles. The van der Waals surface area contributed by atoms with E-state index in [2.05, 4.69) is 9.47 Å². The SMILES string of the molecule is COC(=O)C(C)(C(F)(F)F)C(C)(C(=O)OC)C(F)(F)F. The van der Waals surface area contributed by atoms with Gasteiger partial charge in [0.05, 0.1) is 14.2 Å². The molecule has 0 aromatic carbocycles. The summed E-state index contributed by atoms with van der Waals surface area (Å²) in [6.45, 7) is -0.105. The van der Waals surface area contributed by atoms with Crippen LogP contribution < -0.4 is 0 Å². The first-order chi connectivity index (χ1) is 8.71. The van der Waals surface area contributed by atoms with Gasteiger partial charge in [0.1, 0.15) is 0 Å². The lowest BCUT2D eigenvalue weighted by molar-refractivity contribution is -0.320. The second-order valence-corrected chi connectivity index (χ2v) is 4.23. The predicted octanol–water partition coefficient (Wildman–Crippen LogP) is 2.47. The van der Waals surface area contributed by atoms with Gasteiger partial charge in [0.25, 0.3) is 0 Å². The van der Waals surface area contributed by atoms with E-state index in [0.717, 1.165) is 0 Å². The minimum Gasteiger partial charge on any atom is -0.468 e. The van der Waals surface area contributed by atoms with Gasteiger partial charge in [-0.15, -0.1) is 0 Å². The molecule has 0 aromatic rings. The molecule has 0 N–H and O–H groups in total. The number of halogens is 6. The summed E-state index contributed by atoms with van der Waals surface area (Å²) < 4.78 is 86.0. The summed E-state index contributed by atoms with van der Waals surface area (Å²) in [5.41, 5.74) is -8.31. The molecule has 4 nitrogen and oxygen atoms in total. The van der Waals surface area contributed by atoms with Crippen LogP contribution in [0.25, 0.3) is 0 Å². The van der Waals surface area contributed by atoms with E-state index in [1.54, 1.807) is 0 Å². The first kappa shape index (κ1) is 18.5. The van der Waals surface area contributed by atoms with Gasteiger partial charge in [-0.05, 0) is 13.8 Å². The molecule has 0 saturated carbocycles. The van der Waals surface area contributed by atoms with Crippen molar-refractivity contribution in [2.75, 3.05) is 14.2 Å². The molecule has 10 heteroatoms. The molecule has 118 valence electrons. The Kier molecular flexibility index (Phi) is 4.75. The number of methoxy groups -OCH3 is 2. The average molecular weight is 310 g/mol. The monoisotopic (exact) mass is 310 g/mol. The number of alkyl halides is 6. The van der Waals surface area contributed by atoms with Crippen LogP contribution in [0.2, 0.25) is 0 Å². The van der Waals surface area contributed by atoms with Crippen LogP contribution in [0.3, 0.4) is 0 Å². The molecule has 0 fully saturated rings. The fourth-order valence-corrected chi connectivity index (χ4v) is 1.61. The molecule has 0 rings (SSSR count). The third-order valence-electron chi connectivity index (χ3n) is 3.32. The van der Waals surface area contributed by atoms with E-state index in [9.17, 15) is 35.9 Å². The van der Waals surface area contributed by atoms with Crippen molar-refractivity contribution in [2.45, 2.75) is 26.2 Å². The molecule has 0 aliphatic rings. The van der Waals surface area contributed by atoms with Crippen LogP contribution >= 0.6 is 0 Å². The highest BCUT2D eigenvalue weighted by Crippen LogP contribution is 2.59. The van der Waals surface area contributed by atoms with Crippen molar-refractivity contribution in [3.05, 3.63) is 0 Å². The highest BCUT2D eigenvalue weighted by molar-refractivity contribution is 5.89. The molecule has 0 bridgehead atoms. The molecule has 0 radical (unpaired) electrons. The molecule has 2 atom stereocenters. The van der Waals surface area contributed by atoms with Crippen LogP contribution in [0.1, 0.15) is 13.8 Å². The topological polar surface area (TPSA) is 52.6 Å². The quantitative estimate of drug-likeness (QED) is 0.593. The molecule has 0 saturated heterocycles. The number of hydrogen-bond acceptors (Lipinski definition) is 4. The van der Waals surface area contributed by atoms with Crippen LogP contribution in [0, 0.1) is 10.8 Å². The first-order valence-electron chi connectivity index (χ1n) is 5.02. The maximum atomic E-state index is 13.1. The van der Waals surface area contributed by atoms with E-state index in [-0.39, 0.29) is 13.8 Å². The Hall–Kier alpha value is -1.48. The largest absolute Gasteiger partial charge is 0.468 e. The van der Waals surface area contributed by atoms with E-state index in [1.807, 2.05) is 0 Å². The number of carbonyl (C=O) groups is 2. The summed E-state index contributed by atoms with van der Waals surface area (Å²) in [6.07, 6.45) is -11.4. The van der Waals surface area contributed by atoms with Crippen LogP contribution in [0.15, 0.2) is 0 Å². The Morgan fingerprint density at radius 2 is 0.900 bits per heavy atom. The van der Waals surface area contributed by atoms with Gasteiger partial charge in [0.2, 0.25) is 0 Å². The van der Waals surface area contributed by atoms with Crippen LogP contribution in [-0.2, 0) is 19.1 Å². The average Bonchev–Trinajstić information content (AvgIpc) is 2.31. The Morgan fingerprint density at radius 1 is 0.700 bits per heavy atom. The molecular formula is C10H12F6O4. The molecule has 0 aromatic heterocycles. The lowest BCUT2D eigenvalue weighted by atomic mass is 9.64. The number of esters is 2. The number of hydrogen-bond donors (Lipinski definition) is 0. The minimum atomic E-state index is -5.70. The van der Waals surface area contributed by atoms with Gasteiger partial charge in [0, 0.05) is 0 Å². The van der Waals surface area contributed by atoms with Crippen molar-refractivity contribution < 1.29 is 45.4 Å². The second-order valence-electron chi connectivity index (χ2n) is 4.23. The minimum absolute atomic E-state index is 0.0523. The standard InChI is InChI=1S/C10H12F6O4/c1-7(5(17)19-3,9(11,12)13)8(2,6(18)20-4)10(14,15)16/h1-4H3. The maximum Gasteiger partial charge on any atom is 0.406 e. The summed E-state index contributed by atoms with van der Waals surface area (Å²) in [4.78, 5) is 22.7. The van der Waals surface area contributed by atoms with E-state index in [4.69, 9.17) is 0 Å². The van der Waals surface area contributed by atoms with E-state index in [0.29, 0.717) is 14.2 Å². The van der Waals surface area contributed by atoms with Gasteiger partial charge in [-0.1, -0.05) is 0 Å². The molecule has 0 heterocycles.